The van der Waals surface area contributed by atoms with Crippen LogP contribution in [0.4, 0.5) is 13.2 Å². The molecule has 1 N–H and O–H groups in total. The number of halogens is 3. The molecule has 1 aromatic rings. The van der Waals surface area contributed by atoms with E-state index in [0.29, 0.717) is 6.54 Å². The summed E-state index contributed by atoms with van der Waals surface area (Å²) in [4.78, 5) is 10.7. The van der Waals surface area contributed by atoms with Crippen molar-refractivity contribution in [2.75, 3.05) is 39.5 Å². The molecule has 2 saturated heterocycles. The van der Waals surface area contributed by atoms with Crippen LogP contribution in [-0.4, -0.2) is 61.5 Å². The average Bonchev–Trinajstić information content (AvgIpc) is 3.27. The molecule has 0 bridgehead atoms. The summed E-state index contributed by atoms with van der Waals surface area (Å²) in [6, 6.07) is 3.22. The van der Waals surface area contributed by atoms with Gasteiger partial charge in [0.15, 0.2) is 12.6 Å². The zero-order valence-corrected chi connectivity index (χ0v) is 15.4. The van der Waals surface area contributed by atoms with E-state index in [1.54, 1.807) is 6.07 Å². The van der Waals surface area contributed by atoms with Gasteiger partial charge in [-0.15, -0.1) is 0 Å². The van der Waals surface area contributed by atoms with Crippen molar-refractivity contribution < 1.29 is 22.6 Å². The van der Waals surface area contributed by atoms with Crippen molar-refractivity contribution >= 4 is 5.96 Å². The summed E-state index contributed by atoms with van der Waals surface area (Å²) in [5, 5.41) is 3.30. The third-order valence-electron chi connectivity index (χ3n) is 4.85. The van der Waals surface area contributed by atoms with Crippen LogP contribution in [0.1, 0.15) is 25.3 Å². The van der Waals surface area contributed by atoms with Gasteiger partial charge in [-0.1, -0.05) is 0 Å². The van der Waals surface area contributed by atoms with E-state index >= 15 is 0 Å². The number of nitrogens with one attached hydrogen (secondary N) is 1. The van der Waals surface area contributed by atoms with Crippen LogP contribution in [0.25, 0.3) is 0 Å². The van der Waals surface area contributed by atoms with Crippen LogP contribution in [0.5, 0.6) is 5.88 Å². The maximum Gasteiger partial charge on any atom is 0.422 e. The zero-order chi connectivity index (χ0) is 19.3. The number of aromatic nitrogens is 1. The normalized spacial score (nSPS) is 23.3. The monoisotopic (exact) mass is 386 g/mol. The largest absolute Gasteiger partial charge is 0.468 e. The van der Waals surface area contributed by atoms with Gasteiger partial charge in [-0.2, -0.15) is 13.2 Å². The Bertz CT molecular complexity index is 660. The first kappa shape index (κ1) is 19.7. The minimum absolute atomic E-state index is 0.0479. The van der Waals surface area contributed by atoms with Crippen LogP contribution in [0, 0.1) is 5.41 Å². The summed E-state index contributed by atoms with van der Waals surface area (Å²) in [6.07, 6.45) is -0.789. The third kappa shape index (κ3) is 5.47. The molecule has 1 aromatic heterocycles. The molecule has 2 fully saturated rings. The van der Waals surface area contributed by atoms with Crippen LogP contribution in [0.2, 0.25) is 0 Å². The Labute approximate surface area is 156 Å². The molecule has 27 heavy (non-hydrogen) atoms. The lowest BCUT2D eigenvalue weighted by molar-refractivity contribution is -0.154. The van der Waals surface area contributed by atoms with Crippen LogP contribution >= 0.6 is 0 Å². The van der Waals surface area contributed by atoms with E-state index < -0.39 is 12.8 Å². The molecule has 1 atom stereocenters. The van der Waals surface area contributed by atoms with Crippen LogP contribution in [0.15, 0.2) is 23.3 Å². The second-order valence-electron chi connectivity index (χ2n) is 7.05. The maximum atomic E-state index is 12.3. The number of guanidine groups is 1. The number of hydrogen-bond acceptors (Lipinski definition) is 4. The molecule has 0 aromatic carbocycles. The topological polar surface area (TPSA) is 59.0 Å². The van der Waals surface area contributed by atoms with Gasteiger partial charge in [-0.3, -0.25) is 0 Å². The number of hydrogen-bond donors (Lipinski definition) is 1. The van der Waals surface area contributed by atoms with E-state index in [1.165, 1.54) is 12.3 Å². The lowest BCUT2D eigenvalue weighted by Crippen LogP contribution is -2.41. The molecule has 0 saturated carbocycles. The highest BCUT2D eigenvalue weighted by molar-refractivity contribution is 5.80. The first-order valence-corrected chi connectivity index (χ1v) is 9.15. The smallest absolute Gasteiger partial charge is 0.422 e. The summed E-state index contributed by atoms with van der Waals surface area (Å²) in [6.45, 7) is 5.19. The second kappa shape index (κ2) is 8.33. The van der Waals surface area contributed by atoms with E-state index in [1.807, 2.05) is 6.92 Å². The molecule has 9 heteroatoms. The van der Waals surface area contributed by atoms with Gasteiger partial charge in [0, 0.05) is 43.9 Å². The Hall–Kier alpha value is -2.03. The van der Waals surface area contributed by atoms with Gasteiger partial charge < -0.3 is 19.7 Å². The van der Waals surface area contributed by atoms with Gasteiger partial charge in [-0.05, 0) is 31.4 Å². The molecule has 1 spiro atoms. The molecule has 0 aliphatic carbocycles. The standard InChI is InChI=1S/C18H25F3N4O2/c1-2-22-16(25-7-4-17(11-25)5-8-26-12-17)24-10-14-3-6-23-15(9-14)27-13-18(19,20)21/h3,6,9H,2,4-5,7-8,10-13H2,1H3,(H,22,24). The number of pyridine rings is 1. The van der Waals surface area contributed by atoms with Gasteiger partial charge in [0.2, 0.25) is 5.88 Å². The van der Waals surface area contributed by atoms with E-state index in [4.69, 9.17) is 9.47 Å². The molecule has 2 aliphatic heterocycles. The Morgan fingerprint density at radius 3 is 3.00 bits per heavy atom. The Morgan fingerprint density at radius 2 is 2.30 bits per heavy atom. The van der Waals surface area contributed by atoms with E-state index in [9.17, 15) is 13.2 Å². The fraction of sp³-hybridized carbons (Fsp3) is 0.667. The van der Waals surface area contributed by atoms with Crippen LogP contribution in [0.3, 0.4) is 0 Å². The van der Waals surface area contributed by atoms with E-state index in [-0.39, 0.29) is 11.3 Å². The van der Waals surface area contributed by atoms with Crippen molar-refractivity contribution in [2.45, 2.75) is 32.5 Å². The van der Waals surface area contributed by atoms with Crippen molar-refractivity contribution in [1.82, 2.24) is 15.2 Å². The maximum absolute atomic E-state index is 12.3. The summed E-state index contributed by atoms with van der Waals surface area (Å²) < 4.78 is 47.1. The molecule has 3 rings (SSSR count). The molecule has 2 aliphatic rings. The number of rotatable bonds is 5. The van der Waals surface area contributed by atoms with Gasteiger partial charge in [-0.25, -0.2) is 9.98 Å². The minimum atomic E-state index is -4.39. The van der Waals surface area contributed by atoms with E-state index in [2.05, 4.69) is 20.2 Å². The molecule has 0 radical (unpaired) electrons. The number of alkyl halides is 3. The predicted octanol–water partition coefficient (Wildman–Crippen LogP) is 2.60. The fourth-order valence-electron chi connectivity index (χ4n) is 3.46. The van der Waals surface area contributed by atoms with Gasteiger partial charge in [0.1, 0.15) is 0 Å². The predicted molar refractivity (Wildman–Crippen MR) is 94.7 cm³/mol. The second-order valence-corrected chi connectivity index (χ2v) is 7.05. The average molecular weight is 386 g/mol. The molecule has 1 unspecified atom stereocenters. The Kier molecular flexibility index (Phi) is 6.08. The SMILES string of the molecule is CCNC(=NCc1ccnc(OCC(F)(F)F)c1)N1CCC2(CCOC2)C1. The van der Waals surface area contributed by atoms with Gasteiger partial charge >= 0.3 is 6.18 Å². The quantitative estimate of drug-likeness (QED) is 0.623. The van der Waals surface area contributed by atoms with Crippen LogP contribution in [-0.2, 0) is 11.3 Å². The molecule has 150 valence electrons. The lowest BCUT2D eigenvalue weighted by atomic mass is 9.87. The van der Waals surface area contributed by atoms with Crippen molar-refractivity contribution in [3.8, 4) is 5.88 Å². The van der Waals surface area contributed by atoms with Crippen molar-refractivity contribution in [3.05, 3.63) is 23.9 Å². The molecular weight excluding hydrogens is 361 g/mol. The lowest BCUT2D eigenvalue weighted by Gasteiger charge is -2.25. The number of nitrogens with zero attached hydrogens (tertiary/aromatic N) is 3. The highest BCUT2D eigenvalue weighted by atomic mass is 19.4. The minimum Gasteiger partial charge on any atom is -0.468 e. The van der Waals surface area contributed by atoms with Gasteiger partial charge in [0.05, 0.1) is 13.2 Å². The van der Waals surface area contributed by atoms with Gasteiger partial charge in [0.25, 0.3) is 0 Å². The molecule has 0 amide bonds. The van der Waals surface area contributed by atoms with E-state index in [0.717, 1.165) is 57.2 Å². The summed E-state index contributed by atoms with van der Waals surface area (Å²) in [5.41, 5.74) is 0.974. The zero-order valence-electron chi connectivity index (χ0n) is 15.4. The van der Waals surface area contributed by atoms with Crippen molar-refractivity contribution in [1.29, 1.82) is 0 Å². The number of likely N-dealkylation sites (tertiary alicyclic amines) is 1. The van der Waals surface area contributed by atoms with Crippen LogP contribution < -0.4 is 10.1 Å². The third-order valence-corrected chi connectivity index (χ3v) is 4.85. The Morgan fingerprint density at radius 1 is 1.44 bits per heavy atom. The van der Waals surface area contributed by atoms with Crippen molar-refractivity contribution in [2.24, 2.45) is 10.4 Å². The first-order chi connectivity index (χ1) is 12.9. The summed E-state index contributed by atoms with van der Waals surface area (Å²) in [5.74, 6) is 0.768. The molecular formula is C18H25F3N4O2. The number of aliphatic imine (C=N–C) groups is 1. The first-order valence-electron chi connectivity index (χ1n) is 9.15. The van der Waals surface area contributed by atoms with Crippen molar-refractivity contribution in [3.63, 3.8) is 0 Å². The summed E-state index contributed by atoms with van der Waals surface area (Å²) >= 11 is 0. The highest BCUT2D eigenvalue weighted by Gasteiger charge is 2.42. The fourth-order valence-corrected chi connectivity index (χ4v) is 3.46. The number of ether oxygens (including phenoxy) is 2. The molecule has 3 heterocycles. The Balaban J connectivity index is 1.63. The summed E-state index contributed by atoms with van der Waals surface area (Å²) in [7, 11) is 0. The molecule has 6 nitrogen and oxygen atoms in total. The highest BCUT2D eigenvalue weighted by Crippen LogP contribution is 2.38.